The fourth-order valence-corrected chi connectivity index (χ4v) is 6.23. The lowest BCUT2D eigenvalue weighted by molar-refractivity contribution is -0.140. The SMILES string of the molecule is CN1CCOc2cc(-c3ccc(OCF)cc3-c3csc(N(C(=O)C(CC(=O)O)Cc4ccccc4)C4CC4)n3)cnc21. The van der Waals surface area contributed by atoms with E-state index in [0.29, 0.717) is 40.9 Å². The van der Waals surface area contributed by atoms with Crippen molar-refractivity contribution in [3.05, 3.63) is 71.7 Å². The van der Waals surface area contributed by atoms with Crippen molar-refractivity contribution < 1.29 is 28.6 Å². The van der Waals surface area contributed by atoms with E-state index in [0.717, 1.165) is 41.9 Å². The molecule has 1 aliphatic carbocycles. The summed E-state index contributed by atoms with van der Waals surface area (Å²) in [5.74, 6) is -0.220. The molecule has 2 aromatic carbocycles. The van der Waals surface area contributed by atoms with Gasteiger partial charge in [-0.05, 0) is 54.7 Å². The molecule has 11 heteroatoms. The normalized spacial score (nSPS) is 14.9. The zero-order valence-corrected chi connectivity index (χ0v) is 24.4. The Labute approximate surface area is 252 Å². The summed E-state index contributed by atoms with van der Waals surface area (Å²) in [6, 6.07) is 16.6. The van der Waals surface area contributed by atoms with Gasteiger partial charge in [-0.1, -0.05) is 30.3 Å². The first-order valence-corrected chi connectivity index (χ1v) is 15.0. The molecule has 3 heterocycles. The van der Waals surface area contributed by atoms with Gasteiger partial charge in [0.05, 0.1) is 24.6 Å². The number of rotatable bonds is 11. The van der Waals surface area contributed by atoms with Gasteiger partial charge < -0.3 is 19.5 Å². The van der Waals surface area contributed by atoms with Crippen LogP contribution in [0, 0.1) is 5.92 Å². The van der Waals surface area contributed by atoms with E-state index in [1.165, 1.54) is 11.3 Å². The van der Waals surface area contributed by atoms with E-state index < -0.39 is 18.7 Å². The molecule has 1 N–H and O–H groups in total. The number of ether oxygens (including phenoxy) is 2. The van der Waals surface area contributed by atoms with Gasteiger partial charge in [-0.25, -0.2) is 14.4 Å². The van der Waals surface area contributed by atoms with E-state index in [1.54, 1.807) is 23.2 Å². The van der Waals surface area contributed by atoms with Crippen LogP contribution >= 0.6 is 11.3 Å². The van der Waals surface area contributed by atoms with E-state index in [4.69, 9.17) is 14.5 Å². The van der Waals surface area contributed by atoms with Gasteiger partial charge in [-0.2, -0.15) is 0 Å². The fourth-order valence-electron chi connectivity index (χ4n) is 5.33. The number of anilines is 2. The molecule has 9 nitrogen and oxygen atoms in total. The molecule has 0 spiro atoms. The van der Waals surface area contributed by atoms with E-state index in [1.807, 2.05) is 59.8 Å². The highest BCUT2D eigenvalue weighted by molar-refractivity contribution is 7.14. The standard InChI is InChI=1S/C32H31FN4O5S/c1-36-11-12-41-28-14-22(17-34-30(28)36)25-10-9-24(42-19-33)16-26(25)27-18-43-32(35-27)37(23-7-8-23)31(40)21(15-29(38)39)13-20-5-3-2-4-6-20/h2-6,9-10,14,16-18,21,23H,7-8,11-13,15,19H2,1H3,(H,38,39). The molecule has 2 aliphatic rings. The Balaban J connectivity index is 1.35. The molecule has 2 aromatic heterocycles. The molecule has 0 bridgehead atoms. The summed E-state index contributed by atoms with van der Waals surface area (Å²) in [4.78, 5) is 38.9. The Hall–Kier alpha value is -4.51. The van der Waals surface area contributed by atoms with Crippen molar-refractivity contribution in [3.63, 3.8) is 0 Å². The fraction of sp³-hybridized carbons (Fsp3) is 0.312. The first-order valence-electron chi connectivity index (χ1n) is 14.1. The first-order chi connectivity index (χ1) is 20.9. The second-order valence-corrected chi connectivity index (χ2v) is 11.6. The molecule has 1 amide bonds. The number of fused-ring (bicyclic) bond motifs is 1. The van der Waals surface area contributed by atoms with E-state index in [2.05, 4.69) is 4.98 Å². The number of thiazole rings is 1. The molecule has 0 radical (unpaired) electrons. The van der Waals surface area contributed by atoms with Crippen LogP contribution in [0.4, 0.5) is 15.3 Å². The lowest BCUT2D eigenvalue weighted by atomic mass is 9.94. The van der Waals surface area contributed by atoms with Crippen LogP contribution in [0.3, 0.4) is 0 Å². The number of halogens is 1. The zero-order chi connectivity index (χ0) is 29.9. The number of likely N-dealkylation sites (N-methyl/N-ethyl adjacent to an activating group) is 1. The summed E-state index contributed by atoms with van der Waals surface area (Å²) in [7, 11) is 1.97. The van der Waals surface area contributed by atoms with Gasteiger partial charge in [0.25, 0.3) is 0 Å². The number of nitrogens with zero attached hydrogens (tertiary/aromatic N) is 4. The third kappa shape index (κ3) is 6.31. The molecule has 1 atom stereocenters. The Morgan fingerprint density at radius 1 is 1.19 bits per heavy atom. The van der Waals surface area contributed by atoms with Crippen molar-refractivity contribution in [2.75, 3.05) is 36.9 Å². The summed E-state index contributed by atoms with van der Waals surface area (Å²) < 4.78 is 24.2. The topological polar surface area (TPSA) is 105 Å². The Kier molecular flexibility index (Phi) is 8.24. The smallest absolute Gasteiger partial charge is 0.304 e. The Morgan fingerprint density at radius 3 is 2.74 bits per heavy atom. The molecule has 4 aromatic rings. The molecule has 43 heavy (non-hydrogen) atoms. The Morgan fingerprint density at radius 2 is 2.00 bits per heavy atom. The minimum atomic E-state index is -1.02. The van der Waals surface area contributed by atoms with Crippen molar-refractivity contribution in [2.24, 2.45) is 5.92 Å². The molecule has 1 fully saturated rings. The van der Waals surface area contributed by atoms with Crippen molar-refractivity contribution >= 4 is 34.2 Å². The van der Waals surface area contributed by atoms with E-state index in [9.17, 15) is 19.1 Å². The summed E-state index contributed by atoms with van der Waals surface area (Å²) in [6.45, 7) is 0.326. The number of aromatic nitrogens is 2. The second-order valence-electron chi connectivity index (χ2n) is 10.7. The third-order valence-electron chi connectivity index (χ3n) is 7.62. The predicted molar refractivity (Wildman–Crippen MR) is 163 cm³/mol. The lowest BCUT2D eigenvalue weighted by Gasteiger charge is -2.26. The average Bonchev–Trinajstić information content (AvgIpc) is 3.72. The number of carboxylic acids is 1. The minimum Gasteiger partial charge on any atom is -0.488 e. The molecule has 1 saturated carbocycles. The number of carbonyl (C=O) groups is 2. The van der Waals surface area contributed by atoms with Crippen LogP contribution < -0.4 is 19.3 Å². The molecular weight excluding hydrogens is 571 g/mol. The number of aliphatic carboxylic acids is 1. The van der Waals surface area contributed by atoms with Crippen LogP contribution in [0.5, 0.6) is 11.5 Å². The van der Waals surface area contributed by atoms with Gasteiger partial charge in [0.1, 0.15) is 12.4 Å². The minimum absolute atomic E-state index is 0.0294. The number of pyridine rings is 1. The van der Waals surface area contributed by atoms with Gasteiger partial charge in [0.15, 0.2) is 16.7 Å². The molecular formula is C32H31FN4O5S. The maximum atomic E-state index is 13.9. The van der Waals surface area contributed by atoms with Crippen LogP contribution in [0.2, 0.25) is 0 Å². The lowest BCUT2D eigenvalue weighted by Crippen LogP contribution is -2.39. The molecule has 6 rings (SSSR count). The van der Waals surface area contributed by atoms with Crippen molar-refractivity contribution in [3.8, 4) is 33.9 Å². The predicted octanol–water partition coefficient (Wildman–Crippen LogP) is 5.84. The van der Waals surface area contributed by atoms with Crippen molar-refractivity contribution in [2.45, 2.75) is 31.7 Å². The summed E-state index contributed by atoms with van der Waals surface area (Å²) >= 11 is 1.32. The average molecular weight is 603 g/mol. The quantitative estimate of drug-likeness (QED) is 0.229. The van der Waals surface area contributed by atoms with Gasteiger partial charge in [-0.15, -0.1) is 11.3 Å². The van der Waals surface area contributed by atoms with Crippen LogP contribution in [-0.2, 0) is 16.0 Å². The summed E-state index contributed by atoms with van der Waals surface area (Å²) in [5, 5.41) is 12.0. The zero-order valence-electron chi connectivity index (χ0n) is 23.6. The first kappa shape index (κ1) is 28.6. The number of amides is 1. The summed E-state index contributed by atoms with van der Waals surface area (Å²) in [5.41, 5.74) is 3.78. The van der Waals surface area contributed by atoms with Crippen LogP contribution in [0.15, 0.2) is 66.2 Å². The van der Waals surface area contributed by atoms with Crippen molar-refractivity contribution in [1.82, 2.24) is 9.97 Å². The van der Waals surface area contributed by atoms with Gasteiger partial charge in [0.2, 0.25) is 12.8 Å². The number of benzene rings is 2. The number of carbonyl (C=O) groups excluding carboxylic acids is 1. The number of hydrogen-bond acceptors (Lipinski definition) is 8. The van der Waals surface area contributed by atoms with Gasteiger partial charge in [-0.3, -0.25) is 14.5 Å². The molecule has 222 valence electrons. The van der Waals surface area contributed by atoms with Crippen LogP contribution in [0.25, 0.3) is 22.4 Å². The van der Waals surface area contributed by atoms with Crippen LogP contribution in [0.1, 0.15) is 24.8 Å². The monoisotopic (exact) mass is 602 g/mol. The highest BCUT2D eigenvalue weighted by Crippen LogP contribution is 2.42. The molecule has 1 aliphatic heterocycles. The largest absolute Gasteiger partial charge is 0.488 e. The molecule has 0 saturated heterocycles. The van der Waals surface area contributed by atoms with Gasteiger partial charge >= 0.3 is 5.97 Å². The highest BCUT2D eigenvalue weighted by atomic mass is 32.1. The number of carboxylic acid groups (broad SMARTS) is 1. The maximum Gasteiger partial charge on any atom is 0.304 e. The maximum absolute atomic E-state index is 13.9. The second kappa shape index (κ2) is 12.4. The third-order valence-corrected chi connectivity index (χ3v) is 8.46. The van der Waals surface area contributed by atoms with Crippen molar-refractivity contribution in [1.29, 1.82) is 0 Å². The molecule has 1 unspecified atom stereocenters. The van der Waals surface area contributed by atoms with E-state index >= 15 is 0 Å². The van der Waals surface area contributed by atoms with Gasteiger partial charge in [0, 0.05) is 35.8 Å². The van der Waals surface area contributed by atoms with E-state index in [-0.39, 0.29) is 18.4 Å². The summed E-state index contributed by atoms with van der Waals surface area (Å²) in [6.07, 6.45) is 3.47. The number of alkyl halides is 1. The Bertz CT molecular complexity index is 1630. The number of hydrogen-bond donors (Lipinski definition) is 1. The van der Waals surface area contributed by atoms with Crippen LogP contribution in [-0.4, -0.2) is 60.1 Å². The highest BCUT2D eigenvalue weighted by Gasteiger charge is 2.39.